The van der Waals surface area contributed by atoms with E-state index in [9.17, 15) is 14.4 Å². The Balaban J connectivity index is 1.86. The highest BCUT2D eigenvalue weighted by Crippen LogP contribution is 2.35. The first-order valence-corrected chi connectivity index (χ1v) is 13.2. The van der Waals surface area contributed by atoms with Crippen molar-refractivity contribution in [3.63, 3.8) is 0 Å². The molecule has 1 aromatic heterocycles. The topological polar surface area (TPSA) is 110 Å². The number of ether oxygens (including phenoxy) is 5. The maximum absolute atomic E-state index is 13.3. The van der Waals surface area contributed by atoms with E-state index in [-0.39, 0.29) is 29.5 Å². The second kappa shape index (κ2) is 13.8. The quantitative estimate of drug-likeness (QED) is 0.205. The fourth-order valence-corrected chi connectivity index (χ4v) is 4.78. The summed E-state index contributed by atoms with van der Waals surface area (Å²) in [5.74, 6) is -1.11. The van der Waals surface area contributed by atoms with E-state index in [0.29, 0.717) is 0 Å². The summed E-state index contributed by atoms with van der Waals surface area (Å²) in [4.78, 5) is 42.1. The number of methoxy groups -OCH3 is 3. The van der Waals surface area contributed by atoms with E-state index in [1.807, 2.05) is 57.2 Å². The van der Waals surface area contributed by atoms with Crippen LogP contribution in [0.1, 0.15) is 65.9 Å². The molecule has 2 atom stereocenters. The molecule has 0 aliphatic rings. The minimum atomic E-state index is -0.793. The van der Waals surface area contributed by atoms with E-state index < -0.39 is 29.7 Å². The Bertz CT molecular complexity index is 1360. The molecule has 0 unspecified atom stereocenters. The summed E-state index contributed by atoms with van der Waals surface area (Å²) < 4.78 is 27.3. The van der Waals surface area contributed by atoms with Gasteiger partial charge in [0.25, 0.3) is 0 Å². The number of Topliss-reactive ketones (excluding diaryl/α,β-unsaturated/α-hetero) is 1. The van der Waals surface area contributed by atoms with Crippen molar-refractivity contribution in [2.75, 3.05) is 21.3 Å². The smallest absolute Gasteiger partial charge is 0.309 e. The molecule has 0 spiro atoms. The Morgan fingerprint density at radius 3 is 1.80 bits per heavy atom. The van der Waals surface area contributed by atoms with Gasteiger partial charge in [-0.25, -0.2) is 4.98 Å². The number of rotatable bonds is 12. The Kier molecular flexibility index (Phi) is 10.5. The Labute approximate surface area is 240 Å². The summed E-state index contributed by atoms with van der Waals surface area (Å²) in [5, 5.41) is 0. The summed E-state index contributed by atoms with van der Waals surface area (Å²) in [7, 11) is 4.63. The van der Waals surface area contributed by atoms with Crippen LogP contribution in [0, 0.1) is 19.8 Å². The van der Waals surface area contributed by atoms with Crippen LogP contribution in [0.2, 0.25) is 0 Å². The van der Waals surface area contributed by atoms with Crippen LogP contribution in [-0.2, 0) is 14.3 Å². The monoisotopic (exact) mass is 563 g/mol. The summed E-state index contributed by atoms with van der Waals surface area (Å²) in [6, 6.07) is 13.2. The summed E-state index contributed by atoms with van der Waals surface area (Å²) in [5.41, 5.74) is 3.71. The SMILES string of the molecule is COc1ccc(C(c2ccc(OC)c(C)c2)[C@H](C)OC(=O)[C@H](C)CC(=O)c2nccc(OC)c2OC(C)=O)cc1C. The predicted octanol–water partition coefficient (Wildman–Crippen LogP) is 5.62. The predicted molar refractivity (Wildman–Crippen MR) is 153 cm³/mol. The molecular formula is C32H37NO8. The Hall–Kier alpha value is -4.40. The van der Waals surface area contributed by atoms with E-state index >= 15 is 0 Å². The molecule has 0 fully saturated rings. The van der Waals surface area contributed by atoms with E-state index in [4.69, 9.17) is 23.7 Å². The van der Waals surface area contributed by atoms with Gasteiger partial charge in [-0.3, -0.25) is 14.4 Å². The third-order valence-corrected chi connectivity index (χ3v) is 6.82. The second-order valence-corrected chi connectivity index (χ2v) is 9.89. The van der Waals surface area contributed by atoms with Gasteiger partial charge in [0.2, 0.25) is 5.75 Å². The zero-order chi connectivity index (χ0) is 30.3. The number of nitrogens with zero attached hydrogens (tertiary/aromatic N) is 1. The zero-order valence-electron chi connectivity index (χ0n) is 24.8. The average molecular weight is 564 g/mol. The van der Waals surface area contributed by atoms with Crippen molar-refractivity contribution in [3.8, 4) is 23.0 Å². The van der Waals surface area contributed by atoms with Crippen LogP contribution >= 0.6 is 0 Å². The maximum atomic E-state index is 13.3. The number of esters is 2. The van der Waals surface area contributed by atoms with Gasteiger partial charge < -0.3 is 23.7 Å². The number of benzene rings is 2. The van der Waals surface area contributed by atoms with E-state index in [0.717, 1.165) is 33.8 Å². The number of carbonyl (C=O) groups excluding carboxylic acids is 3. The Morgan fingerprint density at radius 1 is 0.805 bits per heavy atom. The number of hydrogen-bond donors (Lipinski definition) is 0. The summed E-state index contributed by atoms with van der Waals surface area (Å²) >= 11 is 0. The van der Waals surface area contributed by atoms with E-state index in [1.165, 1.54) is 26.3 Å². The van der Waals surface area contributed by atoms with Crippen LogP contribution in [0.15, 0.2) is 48.7 Å². The van der Waals surface area contributed by atoms with Crippen molar-refractivity contribution in [2.45, 2.75) is 53.1 Å². The molecule has 0 saturated carbocycles. The van der Waals surface area contributed by atoms with Gasteiger partial charge in [0.1, 0.15) is 17.6 Å². The number of aryl methyl sites for hydroxylation is 2. The lowest BCUT2D eigenvalue weighted by Crippen LogP contribution is -2.28. The van der Waals surface area contributed by atoms with E-state index in [2.05, 4.69) is 4.98 Å². The Morgan fingerprint density at radius 2 is 1.34 bits per heavy atom. The third-order valence-electron chi connectivity index (χ3n) is 6.82. The second-order valence-electron chi connectivity index (χ2n) is 9.89. The molecule has 218 valence electrons. The number of aromatic nitrogens is 1. The van der Waals surface area contributed by atoms with Crippen molar-refractivity contribution in [1.29, 1.82) is 0 Å². The van der Waals surface area contributed by atoms with Gasteiger partial charge >= 0.3 is 11.9 Å². The van der Waals surface area contributed by atoms with Crippen molar-refractivity contribution in [3.05, 3.63) is 76.6 Å². The summed E-state index contributed by atoms with van der Waals surface area (Å²) in [6.07, 6.45) is 0.600. The molecule has 0 aliphatic heterocycles. The number of hydrogen-bond acceptors (Lipinski definition) is 9. The fraction of sp³-hybridized carbons (Fsp3) is 0.375. The van der Waals surface area contributed by atoms with Gasteiger partial charge in [-0.1, -0.05) is 31.2 Å². The van der Waals surface area contributed by atoms with E-state index in [1.54, 1.807) is 21.1 Å². The number of ketones is 1. The first-order chi connectivity index (χ1) is 19.5. The fourth-order valence-electron chi connectivity index (χ4n) is 4.78. The molecular weight excluding hydrogens is 526 g/mol. The first kappa shape index (κ1) is 31.1. The lowest BCUT2D eigenvalue weighted by atomic mass is 9.85. The molecule has 0 amide bonds. The number of pyridine rings is 1. The molecule has 41 heavy (non-hydrogen) atoms. The molecule has 2 aromatic carbocycles. The van der Waals surface area contributed by atoms with Gasteiger partial charge in [0.05, 0.1) is 27.2 Å². The van der Waals surface area contributed by atoms with Crippen LogP contribution in [0.25, 0.3) is 0 Å². The zero-order valence-corrected chi connectivity index (χ0v) is 24.8. The lowest BCUT2D eigenvalue weighted by Gasteiger charge is -2.27. The van der Waals surface area contributed by atoms with Crippen molar-refractivity contribution >= 4 is 17.7 Å². The van der Waals surface area contributed by atoms with Gasteiger partial charge in [0.15, 0.2) is 17.2 Å². The summed E-state index contributed by atoms with van der Waals surface area (Å²) in [6.45, 7) is 8.58. The van der Waals surface area contributed by atoms with Crippen molar-refractivity contribution in [2.24, 2.45) is 5.92 Å². The molecule has 0 N–H and O–H groups in total. The molecule has 9 heteroatoms. The maximum Gasteiger partial charge on any atom is 0.309 e. The molecule has 0 saturated heterocycles. The lowest BCUT2D eigenvalue weighted by molar-refractivity contribution is -0.153. The highest BCUT2D eigenvalue weighted by atomic mass is 16.6. The van der Waals surface area contributed by atoms with Gasteiger partial charge in [-0.2, -0.15) is 0 Å². The van der Waals surface area contributed by atoms with Gasteiger partial charge in [0, 0.05) is 31.5 Å². The van der Waals surface area contributed by atoms with Crippen molar-refractivity contribution in [1.82, 2.24) is 4.98 Å². The molecule has 3 aromatic rings. The highest BCUT2D eigenvalue weighted by Gasteiger charge is 2.30. The van der Waals surface area contributed by atoms with Crippen LogP contribution in [-0.4, -0.2) is 50.1 Å². The highest BCUT2D eigenvalue weighted by molar-refractivity contribution is 5.99. The minimum Gasteiger partial charge on any atom is -0.496 e. The van der Waals surface area contributed by atoms with Crippen LogP contribution in [0.4, 0.5) is 0 Å². The molecule has 0 radical (unpaired) electrons. The van der Waals surface area contributed by atoms with Gasteiger partial charge in [-0.15, -0.1) is 0 Å². The van der Waals surface area contributed by atoms with Crippen LogP contribution in [0.5, 0.6) is 23.0 Å². The molecule has 3 rings (SSSR count). The van der Waals surface area contributed by atoms with Crippen LogP contribution < -0.4 is 18.9 Å². The van der Waals surface area contributed by atoms with Crippen LogP contribution in [0.3, 0.4) is 0 Å². The minimum absolute atomic E-state index is 0.0775. The third kappa shape index (κ3) is 7.42. The molecule has 0 aliphatic carbocycles. The first-order valence-electron chi connectivity index (χ1n) is 13.2. The van der Waals surface area contributed by atoms with Crippen molar-refractivity contribution < 1.29 is 38.1 Å². The molecule has 9 nitrogen and oxygen atoms in total. The number of carbonyl (C=O) groups is 3. The normalized spacial score (nSPS) is 12.3. The standard InChI is InChI=1S/C32H37NO8/c1-18-15-23(9-11-26(18)37-6)29(24-10-12-27(38-7)19(2)16-24)21(4)40-32(36)20(3)17-25(35)30-31(41-22(5)34)28(39-8)13-14-33-30/h9-16,20-21,29H,17H2,1-8H3/t20-,21+/m1/s1. The molecule has 0 bridgehead atoms. The molecule has 1 heterocycles. The van der Waals surface area contributed by atoms with Gasteiger partial charge in [-0.05, 0) is 55.2 Å². The largest absolute Gasteiger partial charge is 0.496 e. The average Bonchev–Trinajstić information content (AvgIpc) is 2.93.